The number of nitrogens with zero attached hydrogens (tertiary/aromatic N) is 1. The van der Waals surface area contributed by atoms with Crippen molar-refractivity contribution in [3.05, 3.63) is 54.6 Å². The number of carbonyl (C=O) groups excluding carboxylic acids is 1. The van der Waals surface area contributed by atoms with E-state index in [1.165, 1.54) is 0 Å². The minimum atomic E-state index is -2.92. The van der Waals surface area contributed by atoms with Gasteiger partial charge in [0.05, 0.1) is 11.5 Å². The fourth-order valence-electron chi connectivity index (χ4n) is 3.22. The van der Waals surface area contributed by atoms with Crippen molar-refractivity contribution < 1.29 is 13.2 Å². The lowest BCUT2D eigenvalue weighted by Gasteiger charge is -2.29. The number of benzene rings is 2. The van der Waals surface area contributed by atoms with Crippen LogP contribution < -0.4 is 15.5 Å². The summed E-state index contributed by atoms with van der Waals surface area (Å²) in [5.41, 5.74) is 2.36. The largest absolute Gasteiger partial charge is 0.368 e. The van der Waals surface area contributed by atoms with E-state index in [0.29, 0.717) is 12.1 Å². The van der Waals surface area contributed by atoms with Crippen LogP contribution in [0.15, 0.2) is 54.6 Å². The number of hydrogen-bond donors (Lipinski definition) is 2. The second-order valence-corrected chi connectivity index (χ2v) is 8.56. The van der Waals surface area contributed by atoms with Crippen LogP contribution in [-0.2, 0) is 9.84 Å². The van der Waals surface area contributed by atoms with Gasteiger partial charge in [-0.15, -0.1) is 0 Å². The van der Waals surface area contributed by atoms with Gasteiger partial charge in [0, 0.05) is 29.6 Å². The molecule has 1 heterocycles. The van der Waals surface area contributed by atoms with Crippen LogP contribution >= 0.6 is 0 Å². The molecular formula is C19H23N3O3S. The van der Waals surface area contributed by atoms with Gasteiger partial charge in [-0.25, -0.2) is 13.2 Å². The average Bonchev–Trinajstić information content (AvgIpc) is 2.97. The summed E-state index contributed by atoms with van der Waals surface area (Å²) >= 11 is 0. The van der Waals surface area contributed by atoms with Crippen LogP contribution in [0.3, 0.4) is 0 Å². The minimum absolute atomic E-state index is 0.0187. The second-order valence-electron chi connectivity index (χ2n) is 6.33. The molecule has 2 aromatic carbocycles. The minimum Gasteiger partial charge on any atom is -0.368 e. The Bertz CT molecular complexity index is 851. The Morgan fingerprint density at radius 1 is 1.04 bits per heavy atom. The molecule has 0 saturated carbocycles. The summed E-state index contributed by atoms with van der Waals surface area (Å²) in [6, 6.07) is 16.4. The number of hydrogen-bond acceptors (Lipinski definition) is 4. The van der Waals surface area contributed by atoms with Crippen LogP contribution in [0.2, 0.25) is 0 Å². The van der Waals surface area contributed by atoms with E-state index in [9.17, 15) is 13.2 Å². The maximum absolute atomic E-state index is 12.0. The molecule has 1 atom stereocenters. The summed E-state index contributed by atoms with van der Waals surface area (Å²) in [7, 11) is -2.92. The van der Waals surface area contributed by atoms with Gasteiger partial charge in [0.2, 0.25) is 0 Å². The fraction of sp³-hybridized carbons (Fsp3) is 0.316. The maximum atomic E-state index is 12.0. The summed E-state index contributed by atoms with van der Waals surface area (Å²) in [6.07, 6.45) is 0.662. The number of sulfone groups is 1. The summed E-state index contributed by atoms with van der Waals surface area (Å²) in [6.45, 7) is 2.76. The first-order chi connectivity index (χ1) is 12.5. The molecule has 6 nitrogen and oxygen atoms in total. The smallest absolute Gasteiger partial charge is 0.323 e. The Kier molecular flexibility index (Phi) is 5.46. The Labute approximate surface area is 154 Å². The first kappa shape index (κ1) is 18.3. The molecule has 1 unspecified atom stereocenters. The van der Waals surface area contributed by atoms with E-state index < -0.39 is 9.84 Å². The van der Waals surface area contributed by atoms with Crippen molar-refractivity contribution >= 4 is 32.9 Å². The molecule has 0 radical (unpaired) electrons. The summed E-state index contributed by atoms with van der Waals surface area (Å²) < 4.78 is 23.5. The molecule has 2 aromatic rings. The summed E-state index contributed by atoms with van der Waals surface area (Å²) in [4.78, 5) is 14.1. The van der Waals surface area contributed by atoms with E-state index in [-0.39, 0.29) is 23.6 Å². The van der Waals surface area contributed by atoms with Gasteiger partial charge < -0.3 is 15.5 Å². The van der Waals surface area contributed by atoms with Crippen molar-refractivity contribution in [1.82, 2.24) is 0 Å². The molecule has 1 aliphatic heterocycles. The molecule has 7 heteroatoms. The van der Waals surface area contributed by atoms with Gasteiger partial charge in [-0.2, -0.15) is 0 Å². The normalized spacial score (nSPS) is 18.3. The van der Waals surface area contributed by atoms with Gasteiger partial charge >= 0.3 is 6.03 Å². The van der Waals surface area contributed by atoms with Gasteiger partial charge in [-0.05, 0) is 49.7 Å². The number of anilines is 3. The first-order valence-corrected chi connectivity index (χ1v) is 10.5. The number of rotatable bonds is 5. The van der Waals surface area contributed by atoms with Crippen LogP contribution in [0.1, 0.15) is 13.3 Å². The zero-order valence-electron chi connectivity index (χ0n) is 14.7. The number of carbonyl (C=O) groups is 1. The Hall–Kier alpha value is -2.54. The number of amides is 2. The van der Waals surface area contributed by atoms with E-state index >= 15 is 0 Å². The third-order valence-corrected chi connectivity index (χ3v) is 6.23. The molecule has 2 amide bonds. The third kappa shape index (κ3) is 4.54. The lowest BCUT2D eigenvalue weighted by Crippen LogP contribution is -2.36. The van der Waals surface area contributed by atoms with E-state index in [2.05, 4.69) is 15.5 Å². The predicted octanol–water partition coefficient (Wildman–Crippen LogP) is 3.34. The number of urea groups is 1. The predicted molar refractivity (Wildman–Crippen MR) is 106 cm³/mol. The molecule has 0 aromatic heterocycles. The summed E-state index contributed by atoms with van der Waals surface area (Å²) in [5, 5.41) is 5.56. The third-order valence-electron chi connectivity index (χ3n) is 4.48. The quantitative estimate of drug-likeness (QED) is 0.842. The molecule has 0 bridgehead atoms. The topological polar surface area (TPSA) is 78.5 Å². The highest BCUT2D eigenvalue weighted by Gasteiger charge is 2.31. The van der Waals surface area contributed by atoms with Crippen LogP contribution in [-0.4, -0.2) is 38.5 Å². The first-order valence-electron chi connectivity index (χ1n) is 8.67. The van der Waals surface area contributed by atoms with Crippen molar-refractivity contribution in [2.45, 2.75) is 19.4 Å². The molecule has 1 saturated heterocycles. The molecule has 1 fully saturated rings. The number of para-hydroxylation sites is 1. The standard InChI is InChI=1S/C19H23N3O3S/c1-2-22(18-12-13-26(24,25)14-18)17-10-8-16(9-11-17)21-19(23)20-15-6-4-3-5-7-15/h3-11,18H,2,12-14H2,1H3,(H2,20,21,23). The molecule has 3 rings (SSSR count). The van der Waals surface area contributed by atoms with Gasteiger partial charge in [0.25, 0.3) is 0 Å². The van der Waals surface area contributed by atoms with E-state index in [0.717, 1.165) is 17.9 Å². The summed E-state index contributed by atoms with van der Waals surface area (Å²) in [5.74, 6) is 0.466. The Balaban J connectivity index is 1.63. The maximum Gasteiger partial charge on any atom is 0.323 e. The van der Waals surface area contributed by atoms with Crippen molar-refractivity contribution in [1.29, 1.82) is 0 Å². The highest BCUT2D eigenvalue weighted by Crippen LogP contribution is 2.25. The van der Waals surface area contributed by atoms with Gasteiger partial charge in [0.1, 0.15) is 0 Å². The van der Waals surface area contributed by atoms with Crippen LogP contribution in [0.25, 0.3) is 0 Å². The molecule has 26 heavy (non-hydrogen) atoms. The Morgan fingerprint density at radius 2 is 1.65 bits per heavy atom. The van der Waals surface area contributed by atoms with Crippen molar-refractivity contribution in [3.8, 4) is 0 Å². The molecule has 0 spiro atoms. The average molecular weight is 373 g/mol. The van der Waals surface area contributed by atoms with Gasteiger partial charge in [-0.3, -0.25) is 0 Å². The Morgan fingerprint density at radius 3 is 2.19 bits per heavy atom. The van der Waals surface area contributed by atoms with Gasteiger partial charge in [-0.1, -0.05) is 18.2 Å². The fourth-order valence-corrected chi connectivity index (χ4v) is 4.95. The van der Waals surface area contributed by atoms with Crippen LogP contribution in [0.5, 0.6) is 0 Å². The van der Waals surface area contributed by atoms with Crippen molar-refractivity contribution in [2.75, 3.05) is 33.6 Å². The van der Waals surface area contributed by atoms with Crippen molar-refractivity contribution in [3.63, 3.8) is 0 Å². The molecule has 1 aliphatic rings. The van der Waals surface area contributed by atoms with E-state index in [1.807, 2.05) is 61.5 Å². The van der Waals surface area contributed by atoms with Crippen LogP contribution in [0, 0.1) is 0 Å². The van der Waals surface area contributed by atoms with E-state index in [1.54, 1.807) is 0 Å². The van der Waals surface area contributed by atoms with Gasteiger partial charge in [0.15, 0.2) is 9.84 Å². The molecule has 0 aliphatic carbocycles. The SMILES string of the molecule is CCN(c1ccc(NC(=O)Nc2ccccc2)cc1)C1CCS(=O)(=O)C1. The lowest BCUT2D eigenvalue weighted by molar-refractivity contribution is 0.262. The highest BCUT2D eigenvalue weighted by molar-refractivity contribution is 7.91. The monoisotopic (exact) mass is 373 g/mol. The highest BCUT2D eigenvalue weighted by atomic mass is 32.2. The van der Waals surface area contributed by atoms with Crippen molar-refractivity contribution in [2.24, 2.45) is 0 Å². The molecule has 138 valence electrons. The lowest BCUT2D eigenvalue weighted by atomic mass is 10.2. The number of nitrogens with one attached hydrogen (secondary N) is 2. The van der Waals surface area contributed by atoms with Crippen LogP contribution in [0.4, 0.5) is 21.9 Å². The second kappa shape index (κ2) is 7.78. The molecule has 2 N–H and O–H groups in total. The molecular weight excluding hydrogens is 350 g/mol. The zero-order chi connectivity index (χ0) is 18.6. The zero-order valence-corrected chi connectivity index (χ0v) is 15.5. The van der Waals surface area contributed by atoms with E-state index in [4.69, 9.17) is 0 Å².